The molecule has 86 valence electrons. The molecule has 17 heavy (non-hydrogen) atoms. The van der Waals surface area contributed by atoms with E-state index >= 15 is 0 Å². The topological polar surface area (TPSA) is 17.1 Å². The van der Waals surface area contributed by atoms with Gasteiger partial charge in [0.2, 0.25) is 0 Å². The van der Waals surface area contributed by atoms with Gasteiger partial charge in [0.25, 0.3) is 0 Å². The lowest BCUT2D eigenvalue weighted by Crippen LogP contribution is -2.18. The minimum Gasteiger partial charge on any atom is -0.301 e. The van der Waals surface area contributed by atoms with E-state index in [0.29, 0.717) is 0 Å². The number of thioether (sulfide) groups is 1. The highest BCUT2D eigenvalue weighted by atomic mass is 32.2. The van der Waals surface area contributed by atoms with Gasteiger partial charge in [-0.3, -0.25) is 0 Å². The second-order valence-corrected chi connectivity index (χ2v) is 5.53. The molecule has 2 aromatic carbocycles. The third kappa shape index (κ3) is 2.77. The van der Waals surface area contributed by atoms with Gasteiger partial charge < -0.3 is 4.79 Å². The van der Waals surface area contributed by atoms with Crippen LogP contribution in [-0.2, 0) is 9.54 Å². The average molecular weight is 242 g/mol. The molecule has 0 unspecified atom stereocenters. The summed E-state index contributed by atoms with van der Waals surface area (Å²) in [5.41, 5.74) is 1.03. The molecule has 1 nitrogen and oxygen atoms in total. The summed E-state index contributed by atoms with van der Waals surface area (Å²) in [6.07, 6.45) is 1.01. The number of hydrogen-bond donors (Lipinski definition) is 0. The first-order valence-electron chi connectivity index (χ1n) is 5.50. The van der Waals surface area contributed by atoms with Gasteiger partial charge in [0.05, 0.1) is 4.75 Å². The maximum Gasteiger partial charge on any atom is 0.140 e. The Morgan fingerprint density at radius 2 is 1.47 bits per heavy atom. The van der Waals surface area contributed by atoms with E-state index in [0.717, 1.165) is 16.7 Å². The van der Waals surface area contributed by atoms with Crippen LogP contribution in [0.25, 0.3) is 0 Å². The van der Waals surface area contributed by atoms with Gasteiger partial charge in [-0.15, -0.1) is 11.8 Å². The van der Waals surface area contributed by atoms with Gasteiger partial charge in [-0.05, 0) is 24.6 Å². The quantitative estimate of drug-likeness (QED) is 0.597. The molecule has 0 aliphatic rings. The molecular weight excluding hydrogens is 228 g/mol. The van der Waals surface area contributed by atoms with Crippen LogP contribution < -0.4 is 0 Å². The van der Waals surface area contributed by atoms with Crippen molar-refractivity contribution in [1.29, 1.82) is 0 Å². The summed E-state index contributed by atoms with van der Waals surface area (Å²) in [6, 6.07) is 19.9. The first-order valence-corrected chi connectivity index (χ1v) is 6.32. The second kappa shape index (κ2) is 5.19. The fourth-order valence-corrected chi connectivity index (χ4v) is 2.74. The molecule has 2 aromatic rings. The number of carbonyl (C=O) groups excluding carboxylic acids is 1. The van der Waals surface area contributed by atoms with Crippen molar-refractivity contribution < 1.29 is 4.79 Å². The van der Waals surface area contributed by atoms with Gasteiger partial charge in [0, 0.05) is 4.90 Å². The lowest BCUT2D eigenvalue weighted by Gasteiger charge is -2.22. The number of carbonyl (C=O) groups is 1. The Morgan fingerprint density at radius 1 is 0.941 bits per heavy atom. The van der Waals surface area contributed by atoms with Crippen molar-refractivity contribution in [3.63, 3.8) is 0 Å². The lowest BCUT2D eigenvalue weighted by molar-refractivity contribution is -0.109. The summed E-state index contributed by atoms with van der Waals surface area (Å²) in [6.45, 7) is 1.95. The molecule has 0 heterocycles. The molecule has 0 N–H and O–H groups in total. The highest BCUT2D eigenvalue weighted by molar-refractivity contribution is 8.00. The smallest absolute Gasteiger partial charge is 0.140 e. The maximum atomic E-state index is 11.4. The first kappa shape index (κ1) is 11.9. The number of hydrogen-bond acceptors (Lipinski definition) is 2. The third-order valence-corrected chi connectivity index (χ3v) is 3.91. The third-order valence-electron chi connectivity index (χ3n) is 2.64. The van der Waals surface area contributed by atoms with Gasteiger partial charge in [0.15, 0.2) is 0 Å². The van der Waals surface area contributed by atoms with Crippen LogP contribution in [0.5, 0.6) is 0 Å². The van der Waals surface area contributed by atoms with E-state index in [1.807, 2.05) is 67.6 Å². The van der Waals surface area contributed by atoms with E-state index in [1.54, 1.807) is 11.8 Å². The molecule has 2 rings (SSSR count). The summed E-state index contributed by atoms with van der Waals surface area (Å²) >= 11 is 1.58. The van der Waals surface area contributed by atoms with Gasteiger partial charge >= 0.3 is 0 Å². The van der Waals surface area contributed by atoms with Crippen LogP contribution in [0.2, 0.25) is 0 Å². The van der Waals surface area contributed by atoms with Crippen LogP contribution in [-0.4, -0.2) is 6.29 Å². The molecule has 0 bridgehead atoms. The Morgan fingerprint density at radius 3 is 2.00 bits per heavy atom. The molecule has 0 aliphatic carbocycles. The molecule has 0 amide bonds. The molecule has 1 atom stereocenters. The summed E-state index contributed by atoms with van der Waals surface area (Å²) < 4.78 is -0.525. The van der Waals surface area contributed by atoms with Crippen molar-refractivity contribution in [1.82, 2.24) is 0 Å². The van der Waals surface area contributed by atoms with Crippen LogP contribution in [0.4, 0.5) is 0 Å². The first-order chi connectivity index (χ1) is 8.24. The van der Waals surface area contributed by atoms with Crippen molar-refractivity contribution in [3.05, 3.63) is 66.2 Å². The predicted molar refractivity (Wildman–Crippen MR) is 72.2 cm³/mol. The maximum absolute atomic E-state index is 11.4. The average Bonchev–Trinajstić information content (AvgIpc) is 2.41. The van der Waals surface area contributed by atoms with E-state index < -0.39 is 4.75 Å². The standard InChI is InChI=1S/C15H14OS/c1-15(12-16,13-8-4-2-5-9-13)17-14-10-6-3-7-11-14/h2-12H,1H3/t15-/m1/s1. The molecular formula is C15H14OS. The van der Waals surface area contributed by atoms with Crippen LogP contribution in [0, 0.1) is 0 Å². The molecule has 0 spiro atoms. The molecule has 0 saturated carbocycles. The van der Waals surface area contributed by atoms with Gasteiger partial charge in [-0.25, -0.2) is 0 Å². The van der Waals surface area contributed by atoms with Crippen molar-refractivity contribution in [2.75, 3.05) is 0 Å². The molecule has 0 aliphatic heterocycles. The summed E-state index contributed by atoms with van der Waals surface area (Å²) in [4.78, 5) is 12.5. The predicted octanol–water partition coefficient (Wildman–Crippen LogP) is 3.89. The summed E-state index contributed by atoms with van der Waals surface area (Å²) in [7, 11) is 0. The Hall–Kier alpha value is -1.54. The van der Waals surface area contributed by atoms with Gasteiger partial charge in [-0.1, -0.05) is 48.5 Å². The van der Waals surface area contributed by atoms with Gasteiger partial charge in [0.1, 0.15) is 6.29 Å². The Bertz CT molecular complexity index is 481. The summed E-state index contributed by atoms with van der Waals surface area (Å²) in [5.74, 6) is 0. The van der Waals surface area contributed by atoms with Gasteiger partial charge in [-0.2, -0.15) is 0 Å². The zero-order valence-corrected chi connectivity index (χ0v) is 10.5. The minimum absolute atomic E-state index is 0.525. The zero-order chi connectivity index (χ0) is 12.1. The number of rotatable bonds is 4. The highest BCUT2D eigenvalue weighted by Gasteiger charge is 2.27. The normalized spacial score (nSPS) is 13.9. The fourth-order valence-electron chi connectivity index (χ4n) is 1.65. The monoisotopic (exact) mass is 242 g/mol. The van der Waals surface area contributed by atoms with Crippen molar-refractivity contribution in [2.45, 2.75) is 16.6 Å². The number of benzene rings is 2. The van der Waals surface area contributed by atoms with Crippen LogP contribution >= 0.6 is 11.8 Å². The van der Waals surface area contributed by atoms with E-state index in [1.165, 1.54) is 0 Å². The fraction of sp³-hybridized carbons (Fsp3) is 0.133. The lowest BCUT2D eigenvalue weighted by atomic mass is 10.0. The Balaban J connectivity index is 2.30. The van der Waals surface area contributed by atoms with E-state index in [-0.39, 0.29) is 0 Å². The molecule has 0 radical (unpaired) electrons. The highest BCUT2D eigenvalue weighted by Crippen LogP contribution is 2.39. The molecule has 0 fully saturated rings. The number of aldehydes is 1. The van der Waals surface area contributed by atoms with E-state index in [4.69, 9.17) is 0 Å². The van der Waals surface area contributed by atoms with Crippen molar-refractivity contribution in [3.8, 4) is 0 Å². The largest absolute Gasteiger partial charge is 0.301 e. The molecule has 2 heteroatoms. The second-order valence-electron chi connectivity index (χ2n) is 4.01. The van der Waals surface area contributed by atoms with E-state index in [9.17, 15) is 4.79 Å². The summed E-state index contributed by atoms with van der Waals surface area (Å²) in [5, 5.41) is 0. The van der Waals surface area contributed by atoms with E-state index in [2.05, 4.69) is 0 Å². The SMILES string of the molecule is C[C@](C=O)(Sc1ccccc1)c1ccccc1. The minimum atomic E-state index is -0.525. The van der Waals surface area contributed by atoms with Crippen molar-refractivity contribution in [2.24, 2.45) is 0 Å². The van der Waals surface area contributed by atoms with Crippen LogP contribution in [0.1, 0.15) is 12.5 Å². The molecule has 0 saturated heterocycles. The Kier molecular flexibility index (Phi) is 3.64. The van der Waals surface area contributed by atoms with Crippen LogP contribution in [0.15, 0.2) is 65.6 Å². The molecule has 0 aromatic heterocycles. The Labute approximate surface area is 106 Å². The zero-order valence-electron chi connectivity index (χ0n) is 9.67. The van der Waals surface area contributed by atoms with Crippen LogP contribution in [0.3, 0.4) is 0 Å². The van der Waals surface area contributed by atoms with Crippen molar-refractivity contribution >= 4 is 18.0 Å².